The zero-order valence-corrected chi connectivity index (χ0v) is 9.64. The molecule has 0 aliphatic carbocycles. The minimum atomic E-state index is -8.20. The van der Waals surface area contributed by atoms with Gasteiger partial charge in [0.2, 0.25) is 0 Å². The molecule has 0 fully saturated rings. The fraction of sp³-hybridized carbons (Fsp3) is 0.857. The molecule has 0 aliphatic rings. The summed E-state index contributed by atoms with van der Waals surface area (Å²) in [5, 5.41) is 9.77. The first-order valence-corrected chi connectivity index (χ1v) is 4.52. The fourth-order valence-corrected chi connectivity index (χ4v) is 1.42. The maximum absolute atomic E-state index is 13.4. The van der Waals surface area contributed by atoms with Crippen molar-refractivity contribution in [3.63, 3.8) is 0 Å². The molecular weight excluding hydrogens is 379 g/mol. The topological polar surface area (TPSA) is 49.4 Å². The highest BCUT2D eigenvalue weighted by Crippen LogP contribution is 2.63. The van der Waals surface area contributed by atoms with Crippen LogP contribution in [0.2, 0.25) is 0 Å². The van der Waals surface area contributed by atoms with Crippen LogP contribution in [0.15, 0.2) is 0 Å². The Hall–Kier alpha value is -1.64. The standard InChI is InChI=1S/C7HF13O3/c8-2(4(9,10)11,5(12,13)14)3(6(15,16)17,7(18,19)20)23-1(21)22/h(H,21,22)/p-1. The van der Waals surface area contributed by atoms with Gasteiger partial charge in [-0.25, -0.2) is 4.39 Å². The first-order chi connectivity index (χ1) is 9.67. The lowest BCUT2D eigenvalue weighted by molar-refractivity contribution is -0.487. The largest absolute Gasteiger partial charge is 0.523 e. The second-order valence-electron chi connectivity index (χ2n) is 3.68. The van der Waals surface area contributed by atoms with Gasteiger partial charge in [-0.05, 0) is 0 Å². The summed E-state index contributed by atoms with van der Waals surface area (Å²) in [4.78, 5) is 9.77. The molecule has 0 unspecified atom stereocenters. The van der Waals surface area contributed by atoms with Gasteiger partial charge in [-0.2, -0.15) is 52.7 Å². The van der Waals surface area contributed by atoms with Gasteiger partial charge in [-0.15, -0.1) is 0 Å². The van der Waals surface area contributed by atoms with Gasteiger partial charge in [0, 0.05) is 0 Å². The Morgan fingerprint density at radius 3 is 1.00 bits per heavy atom. The molecule has 0 heterocycles. The molecule has 0 atom stereocenters. The predicted molar refractivity (Wildman–Crippen MR) is 37.3 cm³/mol. The van der Waals surface area contributed by atoms with Crippen molar-refractivity contribution in [2.75, 3.05) is 0 Å². The normalized spacial score (nSPS) is 15.5. The van der Waals surface area contributed by atoms with Crippen LogP contribution in [0.5, 0.6) is 0 Å². The quantitative estimate of drug-likeness (QED) is 0.548. The Kier molecular flexibility index (Phi) is 4.82. The van der Waals surface area contributed by atoms with Crippen molar-refractivity contribution in [2.24, 2.45) is 0 Å². The number of hydrogen-bond acceptors (Lipinski definition) is 3. The maximum Gasteiger partial charge on any atom is 0.434 e. The van der Waals surface area contributed by atoms with Crippen molar-refractivity contribution in [1.29, 1.82) is 0 Å². The molecule has 3 nitrogen and oxygen atoms in total. The van der Waals surface area contributed by atoms with Crippen LogP contribution in [-0.4, -0.2) is 42.1 Å². The summed E-state index contributed by atoms with van der Waals surface area (Å²) < 4.78 is 163. The Balaban J connectivity index is 7.19. The molecule has 0 aromatic heterocycles. The average Bonchev–Trinajstić information content (AvgIpc) is 2.17. The summed E-state index contributed by atoms with van der Waals surface area (Å²) in [6.07, 6.45) is -35.7. The van der Waals surface area contributed by atoms with Gasteiger partial charge in [0.25, 0.3) is 11.8 Å². The molecule has 0 saturated carbocycles. The molecule has 0 N–H and O–H groups in total. The van der Waals surface area contributed by atoms with E-state index in [0.29, 0.717) is 0 Å². The molecule has 138 valence electrons. The molecule has 16 heteroatoms. The Labute approximate surface area is 115 Å². The number of halogens is 13. The number of rotatable bonds is 2. The number of alkyl halides is 13. The van der Waals surface area contributed by atoms with E-state index in [1.807, 2.05) is 0 Å². The van der Waals surface area contributed by atoms with Crippen molar-refractivity contribution in [3.8, 4) is 0 Å². The Morgan fingerprint density at radius 2 is 0.870 bits per heavy atom. The number of hydrogen-bond donors (Lipinski definition) is 0. The Bertz CT molecular complexity index is 424. The first kappa shape index (κ1) is 21.4. The highest BCUT2D eigenvalue weighted by Gasteiger charge is 2.95. The highest BCUT2D eigenvalue weighted by molar-refractivity contribution is 5.56. The lowest BCUT2D eigenvalue weighted by atomic mass is 9.81. The number of carbonyl (C=O) groups excluding carboxylic acids is 1. The first-order valence-electron chi connectivity index (χ1n) is 4.52. The van der Waals surface area contributed by atoms with Gasteiger partial charge in [-0.1, -0.05) is 0 Å². The van der Waals surface area contributed by atoms with Crippen molar-refractivity contribution >= 4 is 6.16 Å². The molecule has 0 rings (SSSR count). The van der Waals surface area contributed by atoms with E-state index in [2.05, 4.69) is 0 Å². The van der Waals surface area contributed by atoms with E-state index in [0.717, 1.165) is 0 Å². The second-order valence-corrected chi connectivity index (χ2v) is 3.68. The van der Waals surface area contributed by atoms with Crippen molar-refractivity contribution in [3.05, 3.63) is 0 Å². The van der Waals surface area contributed by atoms with Gasteiger partial charge >= 0.3 is 30.4 Å². The van der Waals surface area contributed by atoms with Crippen LogP contribution < -0.4 is 5.11 Å². The minimum absolute atomic E-state index is 1.73. The maximum atomic E-state index is 13.4. The van der Waals surface area contributed by atoms with Crippen LogP contribution in [0.25, 0.3) is 0 Å². The van der Waals surface area contributed by atoms with Crippen molar-refractivity contribution in [2.45, 2.75) is 36.0 Å². The molecule has 0 saturated heterocycles. The zero-order valence-electron chi connectivity index (χ0n) is 9.64. The molecule has 0 aliphatic heterocycles. The van der Waals surface area contributed by atoms with E-state index in [9.17, 15) is 67.0 Å². The molecule has 0 radical (unpaired) electrons. The number of ether oxygens (including phenoxy) is 1. The van der Waals surface area contributed by atoms with Crippen LogP contribution in [0.4, 0.5) is 61.9 Å². The lowest BCUT2D eigenvalue weighted by Gasteiger charge is -2.49. The lowest BCUT2D eigenvalue weighted by Crippen LogP contribution is -2.80. The smallest absolute Gasteiger partial charge is 0.434 e. The number of carboxylic acid groups (broad SMARTS) is 1. The highest BCUT2D eigenvalue weighted by atomic mass is 19.4. The van der Waals surface area contributed by atoms with Gasteiger partial charge in [-0.3, -0.25) is 0 Å². The predicted octanol–water partition coefficient (Wildman–Crippen LogP) is 3.04. The van der Waals surface area contributed by atoms with Gasteiger partial charge in [0.15, 0.2) is 0 Å². The molecular formula is C7F13O3-. The molecule has 0 aromatic rings. The van der Waals surface area contributed by atoms with E-state index < -0.39 is 42.1 Å². The summed E-state index contributed by atoms with van der Waals surface area (Å²) in [5.41, 5.74) is -16.1. The van der Waals surface area contributed by atoms with Gasteiger partial charge < -0.3 is 14.6 Å². The SMILES string of the molecule is O=C([O-])OC(C(F)(F)F)(C(F)(F)F)C(F)(C(F)(F)F)C(F)(F)F. The summed E-state index contributed by atoms with van der Waals surface area (Å²) in [5.74, 6) is 0. The summed E-state index contributed by atoms with van der Waals surface area (Å²) in [7, 11) is 0. The van der Waals surface area contributed by atoms with E-state index >= 15 is 0 Å². The van der Waals surface area contributed by atoms with Crippen molar-refractivity contribution in [1.82, 2.24) is 0 Å². The van der Waals surface area contributed by atoms with E-state index in [-0.39, 0.29) is 0 Å². The van der Waals surface area contributed by atoms with E-state index in [4.69, 9.17) is 0 Å². The van der Waals surface area contributed by atoms with Crippen LogP contribution >= 0.6 is 0 Å². The minimum Gasteiger partial charge on any atom is -0.523 e. The molecule has 0 spiro atoms. The second kappa shape index (κ2) is 5.19. The monoisotopic (exact) mass is 379 g/mol. The molecule has 0 aromatic carbocycles. The third-order valence-electron chi connectivity index (χ3n) is 2.30. The van der Waals surface area contributed by atoms with Crippen LogP contribution in [0.3, 0.4) is 0 Å². The van der Waals surface area contributed by atoms with Gasteiger partial charge in [0.05, 0.1) is 0 Å². The van der Waals surface area contributed by atoms with Crippen LogP contribution in [0.1, 0.15) is 0 Å². The molecule has 23 heavy (non-hydrogen) atoms. The van der Waals surface area contributed by atoms with E-state index in [1.54, 1.807) is 4.74 Å². The van der Waals surface area contributed by atoms with E-state index in [1.165, 1.54) is 0 Å². The van der Waals surface area contributed by atoms with Crippen molar-refractivity contribution < 1.29 is 71.7 Å². The third kappa shape index (κ3) is 2.93. The zero-order chi connectivity index (χ0) is 19.3. The van der Waals surface area contributed by atoms with Gasteiger partial charge in [0.1, 0.15) is 0 Å². The molecule has 0 amide bonds. The van der Waals surface area contributed by atoms with Crippen LogP contribution in [-0.2, 0) is 4.74 Å². The fourth-order valence-electron chi connectivity index (χ4n) is 1.42. The summed E-state index contributed by atoms with van der Waals surface area (Å²) in [6.45, 7) is 0. The average molecular weight is 379 g/mol. The Morgan fingerprint density at radius 1 is 0.609 bits per heavy atom. The third-order valence-corrected chi connectivity index (χ3v) is 2.30. The summed E-state index contributed by atoms with van der Waals surface area (Å²) in [6, 6.07) is 0. The molecule has 0 bridgehead atoms. The number of carbonyl (C=O) groups is 1. The van der Waals surface area contributed by atoms with Crippen LogP contribution in [0, 0.1) is 0 Å². The summed E-state index contributed by atoms with van der Waals surface area (Å²) >= 11 is 0.